The number of imide groups is 1. The van der Waals surface area contributed by atoms with E-state index in [-0.39, 0.29) is 12.2 Å². The van der Waals surface area contributed by atoms with Crippen LogP contribution in [-0.2, 0) is 19.9 Å². The molecule has 1 atom stereocenters. The zero-order valence-electron chi connectivity index (χ0n) is 14.5. The van der Waals surface area contributed by atoms with E-state index in [0.717, 1.165) is 6.20 Å². The summed E-state index contributed by atoms with van der Waals surface area (Å²) in [4.78, 5) is 36.5. The Kier molecular flexibility index (Phi) is 5.47. The van der Waals surface area contributed by atoms with E-state index in [1.807, 2.05) is 0 Å². The van der Waals surface area contributed by atoms with Crippen molar-refractivity contribution in [2.24, 2.45) is 0 Å². The monoisotopic (exact) mass is 358 g/mol. The molecular formula is C17H18N4O5. The Morgan fingerprint density at radius 3 is 2.58 bits per heavy atom. The number of amides is 3. The topological polar surface area (TPSA) is 121 Å². The molecule has 136 valence electrons. The molecule has 1 fully saturated rings. The zero-order chi connectivity index (χ0) is 19.3. The van der Waals surface area contributed by atoms with E-state index in [9.17, 15) is 14.4 Å². The number of benzene rings is 1. The number of carbonyl (C=O) groups excluding carboxylic acids is 3. The third-order valence-corrected chi connectivity index (χ3v) is 3.81. The van der Waals surface area contributed by atoms with Crippen LogP contribution in [0.1, 0.15) is 19.4 Å². The highest BCUT2D eigenvalue weighted by Crippen LogP contribution is 2.29. The van der Waals surface area contributed by atoms with E-state index in [4.69, 9.17) is 14.7 Å². The predicted octanol–water partition coefficient (Wildman–Crippen LogP) is 0.937. The minimum atomic E-state index is -1.30. The average Bonchev–Trinajstić information content (AvgIpc) is 2.86. The van der Waals surface area contributed by atoms with E-state index in [1.165, 1.54) is 7.11 Å². The fourth-order valence-electron chi connectivity index (χ4n) is 2.35. The molecule has 0 aliphatic carbocycles. The Balaban J connectivity index is 2.22. The van der Waals surface area contributed by atoms with Gasteiger partial charge in [0.15, 0.2) is 5.57 Å². The van der Waals surface area contributed by atoms with E-state index in [2.05, 4.69) is 10.7 Å². The maximum absolute atomic E-state index is 12.7. The number of hydrogen-bond donors (Lipinski definition) is 2. The van der Waals surface area contributed by atoms with Crippen LogP contribution in [0.2, 0.25) is 0 Å². The lowest BCUT2D eigenvalue weighted by atomic mass is 9.92. The molecule has 9 nitrogen and oxygen atoms in total. The van der Waals surface area contributed by atoms with Crippen molar-refractivity contribution >= 4 is 17.9 Å². The molecule has 0 spiro atoms. The molecule has 1 aromatic rings. The number of nitrogens with one attached hydrogen (secondary N) is 2. The number of urea groups is 1. The second kappa shape index (κ2) is 7.57. The second-order valence-corrected chi connectivity index (χ2v) is 5.44. The fourth-order valence-corrected chi connectivity index (χ4v) is 2.35. The van der Waals surface area contributed by atoms with Gasteiger partial charge in [-0.25, -0.2) is 9.59 Å². The second-order valence-electron chi connectivity index (χ2n) is 5.44. The van der Waals surface area contributed by atoms with Crippen LogP contribution in [0.4, 0.5) is 4.79 Å². The highest BCUT2D eigenvalue weighted by molar-refractivity contribution is 6.06. The quantitative estimate of drug-likeness (QED) is 0.336. The highest BCUT2D eigenvalue weighted by atomic mass is 16.5. The highest BCUT2D eigenvalue weighted by Gasteiger charge is 2.49. The summed E-state index contributed by atoms with van der Waals surface area (Å²) in [5.41, 5.74) is 1.26. The molecule has 2 rings (SSSR count). The number of methoxy groups -OCH3 is 1. The number of hydrazine groups is 1. The lowest BCUT2D eigenvalue weighted by molar-refractivity contribution is -0.138. The van der Waals surface area contributed by atoms with Gasteiger partial charge in [0.2, 0.25) is 0 Å². The predicted molar refractivity (Wildman–Crippen MR) is 89.2 cm³/mol. The molecule has 1 aromatic carbocycles. The Labute approximate surface area is 150 Å². The van der Waals surface area contributed by atoms with E-state index in [1.54, 1.807) is 44.2 Å². The van der Waals surface area contributed by atoms with Crippen LogP contribution in [0.25, 0.3) is 0 Å². The van der Waals surface area contributed by atoms with Crippen molar-refractivity contribution in [1.29, 1.82) is 5.26 Å². The molecule has 0 unspecified atom stereocenters. The standard InChI is InChI=1S/C17H18N4O5/c1-4-26-14(22)11(9-18)10-19-21-15(23)17(2,20-16(21)24)12-5-7-13(25-3)8-6-12/h5-8,10,19H,4H2,1-3H3,(H,20,24)/b11-10+/t17-/m0/s1. The van der Waals surface area contributed by atoms with Gasteiger partial charge in [-0.2, -0.15) is 10.3 Å². The summed E-state index contributed by atoms with van der Waals surface area (Å²) in [6, 6.07) is 7.60. The van der Waals surface area contributed by atoms with Crippen molar-refractivity contribution < 1.29 is 23.9 Å². The SMILES string of the molecule is CCOC(=O)/C(C#N)=C/NN1C(=O)N[C@@](C)(c2ccc(OC)cc2)C1=O. The van der Waals surface area contributed by atoms with Gasteiger partial charge in [0.25, 0.3) is 5.91 Å². The fraction of sp³-hybridized carbons (Fsp3) is 0.294. The Morgan fingerprint density at radius 1 is 1.38 bits per heavy atom. The average molecular weight is 358 g/mol. The summed E-state index contributed by atoms with van der Waals surface area (Å²) >= 11 is 0. The van der Waals surface area contributed by atoms with Gasteiger partial charge in [-0.05, 0) is 31.5 Å². The number of nitriles is 1. The summed E-state index contributed by atoms with van der Waals surface area (Å²) in [5.74, 6) is -0.835. The first-order chi connectivity index (χ1) is 12.4. The number of carbonyl (C=O) groups is 3. The van der Waals surface area contributed by atoms with Gasteiger partial charge in [-0.1, -0.05) is 12.1 Å². The third kappa shape index (κ3) is 3.44. The van der Waals surface area contributed by atoms with E-state index in [0.29, 0.717) is 16.3 Å². The largest absolute Gasteiger partial charge is 0.497 e. The molecule has 9 heteroatoms. The minimum absolute atomic E-state index is 0.0938. The summed E-state index contributed by atoms with van der Waals surface area (Å²) in [5, 5.41) is 12.3. The minimum Gasteiger partial charge on any atom is -0.497 e. The lowest BCUT2D eigenvalue weighted by Gasteiger charge is -2.22. The van der Waals surface area contributed by atoms with Gasteiger partial charge in [0.05, 0.1) is 13.7 Å². The molecule has 1 heterocycles. The van der Waals surface area contributed by atoms with Crippen LogP contribution in [0.15, 0.2) is 36.0 Å². The van der Waals surface area contributed by atoms with E-state index >= 15 is 0 Å². The molecule has 0 saturated carbocycles. The first-order valence-electron chi connectivity index (χ1n) is 7.72. The van der Waals surface area contributed by atoms with Crippen molar-refractivity contribution in [1.82, 2.24) is 15.8 Å². The molecule has 1 saturated heterocycles. The molecule has 1 aliphatic rings. The van der Waals surface area contributed by atoms with Gasteiger partial charge in [-0.3, -0.25) is 10.2 Å². The van der Waals surface area contributed by atoms with Gasteiger partial charge < -0.3 is 14.8 Å². The van der Waals surface area contributed by atoms with E-state index < -0.39 is 23.4 Å². The van der Waals surface area contributed by atoms with Gasteiger partial charge >= 0.3 is 12.0 Å². The summed E-state index contributed by atoms with van der Waals surface area (Å²) < 4.78 is 9.79. The number of rotatable bonds is 6. The van der Waals surface area contributed by atoms with Crippen LogP contribution < -0.4 is 15.5 Å². The van der Waals surface area contributed by atoms with Crippen molar-refractivity contribution in [3.05, 3.63) is 41.6 Å². The maximum atomic E-state index is 12.7. The molecular weight excluding hydrogens is 340 g/mol. The van der Waals surface area contributed by atoms with Crippen LogP contribution >= 0.6 is 0 Å². The number of ether oxygens (including phenoxy) is 2. The maximum Gasteiger partial charge on any atom is 0.350 e. The number of nitrogens with zero attached hydrogens (tertiary/aromatic N) is 2. The Bertz CT molecular complexity index is 796. The van der Waals surface area contributed by atoms with Crippen molar-refractivity contribution in [2.45, 2.75) is 19.4 Å². The molecule has 26 heavy (non-hydrogen) atoms. The first kappa shape index (κ1) is 18.8. The third-order valence-electron chi connectivity index (χ3n) is 3.81. The van der Waals surface area contributed by atoms with Gasteiger partial charge in [0, 0.05) is 6.20 Å². The molecule has 0 radical (unpaired) electrons. The molecule has 1 aliphatic heterocycles. The van der Waals surface area contributed by atoms with Gasteiger partial charge in [-0.15, -0.1) is 0 Å². The first-order valence-corrected chi connectivity index (χ1v) is 7.72. The number of esters is 1. The lowest BCUT2D eigenvalue weighted by Crippen LogP contribution is -2.43. The smallest absolute Gasteiger partial charge is 0.350 e. The molecule has 3 amide bonds. The zero-order valence-corrected chi connectivity index (χ0v) is 14.5. The van der Waals surface area contributed by atoms with Crippen molar-refractivity contribution in [3.63, 3.8) is 0 Å². The normalized spacial score (nSPS) is 19.6. The summed E-state index contributed by atoms with van der Waals surface area (Å²) in [7, 11) is 1.52. The molecule has 2 N–H and O–H groups in total. The Morgan fingerprint density at radius 2 is 2.04 bits per heavy atom. The summed E-state index contributed by atoms with van der Waals surface area (Å²) in [6.45, 7) is 3.24. The molecule has 0 bridgehead atoms. The number of hydrogen-bond acceptors (Lipinski definition) is 7. The van der Waals surface area contributed by atoms with Gasteiger partial charge in [0.1, 0.15) is 17.4 Å². The van der Waals surface area contributed by atoms with Crippen LogP contribution in [0.5, 0.6) is 5.75 Å². The Hall–Kier alpha value is -3.54. The van der Waals surface area contributed by atoms with Crippen LogP contribution in [-0.4, -0.2) is 36.6 Å². The van der Waals surface area contributed by atoms with Crippen LogP contribution in [0, 0.1) is 11.3 Å². The van der Waals surface area contributed by atoms with Crippen molar-refractivity contribution in [3.8, 4) is 11.8 Å². The summed E-state index contributed by atoms with van der Waals surface area (Å²) in [6.07, 6.45) is 0.954. The molecule has 0 aromatic heterocycles. The van der Waals surface area contributed by atoms with Crippen LogP contribution in [0.3, 0.4) is 0 Å². The van der Waals surface area contributed by atoms with Crippen molar-refractivity contribution in [2.75, 3.05) is 13.7 Å².